The summed E-state index contributed by atoms with van der Waals surface area (Å²) in [6.07, 6.45) is 5.38. The van der Waals surface area contributed by atoms with E-state index in [9.17, 15) is 0 Å². The quantitative estimate of drug-likeness (QED) is 0.818. The Hall–Kier alpha value is -1.06. The second kappa shape index (κ2) is 6.40. The first-order valence-electron chi connectivity index (χ1n) is 7.44. The number of hydrogen-bond donors (Lipinski definition) is 1. The van der Waals surface area contributed by atoms with Crippen molar-refractivity contribution in [1.82, 2.24) is 5.32 Å². The van der Waals surface area contributed by atoms with Crippen molar-refractivity contribution in [1.29, 1.82) is 0 Å². The summed E-state index contributed by atoms with van der Waals surface area (Å²) in [6, 6.07) is 8.38. The van der Waals surface area contributed by atoms with Gasteiger partial charge < -0.3 is 14.8 Å². The lowest BCUT2D eigenvalue weighted by atomic mass is 10.2. The van der Waals surface area contributed by atoms with Crippen molar-refractivity contribution < 1.29 is 9.47 Å². The maximum Gasteiger partial charge on any atom is 0.119 e. The molecule has 3 nitrogen and oxygen atoms in total. The zero-order chi connectivity index (χ0) is 12.9. The highest BCUT2D eigenvalue weighted by Crippen LogP contribution is 2.27. The number of benzene rings is 1. The van der Waals surface area contributed by atoms with Gasteiger partial charge in [-0.2, -0.15) is 0 Å². The van der Waals surface area contributed by atoms with E-state index < -0.39 is 0 Å². The average Bonchev–Trinajstić information content (AvgIpc) is 3.11. The van der Waals surface area contributed by atoms with E-state index in [0.29, 0.717) is 6.61 Å². The van der Waals surface area contributed by atoms with Gasteiger partial charge in [0.15, 0.2) is 0 Å². The molecule has 0 bridgehead atoms. The van der Waals surface area contributed by atoms with Gasteiger partial charge in [0, 0.05) is 13.2 Å². The van der Waals surface area contributed by atoms with Crippen LogP contribution in [-0.2, 0) is 11.3 Å². The molecular formula is C16H23NO2. The Morgan fingerprint density at radius 2 is 2.21 bits per heavy atom. The Balaban J connectivity index is 1.44. The van der Waals surface area contributed by atoms with Crippen LogP contribution in [0.3, 0.4) is 0 Å². The highest BCUT2D eigenvalue weighted by molar-refractivity contribution is 5.28. The van der Waals surface area contributed by atoms with E-state index in [0.717, 1.165) is 37.8 Å². The van der Waals surface area contributed by atoms with Gasteiger partial charge in [-0.25, -0.2) is 0 Å². The molecule has 1 aromatic rings. The molecule has 1 aliphatic carbocycles. The fraction of sp³-hybridized carbons (Fsp3) is 0.625. The van der Waals surface area contributed by atoms with Crippen LogP contribution in [0.2, 0.25) is 0 Å². The fourth-order valence-electron chi connectivity index (χ4n) is 2.45. The van der Waals surface area contributed by atoms with E-state index in [1.165, 1.54) is 24.8 Å². The van der Waals surface area contributed by atoms with Gasteiger partial charge in [0.1, 0.15) is 12.4 Å². The van der Waals surface area contributed by atoms with Crippen molar-refractivity contribution in [2.75, 3.05) is 19.8 Å². The maximum absolute atomic E-state index is 5.82. The maximum atomic E-state index is 5.82. The topological polar surface area (TPSA) is 30.5 Å². The highest BCUT2D eigenvalue weighted by atomic mass is 16.5. The van der Waals surface area contributed by atoms with Crippen LogP contribution in [0, 0.1) is 5.92 Å². The molecule has 0 aromatic heterocycles. The van der Waals surface area contributed by atoms with Crippen molar-refractivity contribution in [3.8, 4) is 5.75 Å². The molecule has 3 rings (SSSR count). The van der Waals surface area contributed by atoms with Crippen LogP contribution < -0.4 is 10.1 Å². The normalized spacial score (nSPS) is 22.6. The first kappa shape index (κ1) is 12.9. The SMILES string of the molecule is c1cc(CNCC2CC2)cc(OCC2CCCO2)c1. The third-order valence-corrected chi connectivity index (χ3v) is 3.82. The smallest absolute Gasteiger partial charge is 0.119 e. The highest BCUT2D eigenvalue weighted by Gasteiger charge is 2.20. The standard InChI is InChI=1S/C16H23NO2/c1-3-14(11-17-10-13-6-7-13)9-15(4-1)19-12-16-5-2-8-18-16/h1,3-4,9,13,16-17H,2,5-8,10-12H2. The lowest BCUT2D eigenvalue weighted by Crippen LogP contribution is -2.17. The van der Waals surface area contributed by atoms with E-state index in [1.807, 2.05) is 6.07 Å². The molecule has 1 heterocycles. The molecule has 2 fully saturated rings. The van der Waals surface area contributed by atoms with Crippen molar-refractivity contribution in [3.63, 3.8) is 0 Å². The molecule has 1 saturated heterocycles. The zero-order valence-corrected chi connectivity index (χ0v) is 11.4. The van der Waals surface area contributed by atoms with Crippen LogP contribution in [0.15, 0.2) is 24.3 Å². The monoisotopic (exact) mass is 261 g/mol. The first-order valence-corrected chi connectivity index (χ1v) is 7.44. The summed E-state index contributed by atoms with van der Waals surface area (Å²) in [6.45, 7) is 3.66. The molecule has 3 heteroatoms. The second-order valence-corrected chi connectivity index (χ2v) is 5.67. The minimum Gasteiger partial charge on any atom is -0.491 e. The Morgan fingerprint density at radius 1 is 1.26 bits per heavy atom. The summed E-state index contributed by atoms with van der Waals surface area (Å²) < 4.78 is 11.4. The third-order valence-electron chi connectivity index (χ3n) is 3.82. The van der Waals surface area contributed by atoms with Gasteiger partial charge in [-0.1, -0.05) is 12.1 Å². The number of rotatable bonds is 7. The molecule has 0 amide bonds. The summed E-state index contributed by atoms with van der Waals surface area (Å²) in [7, 11) is 0. The Labute approximate surface area is 115 Å². The van der Waals surface area contributed by atoms with Gasteiger partial charge in [-0.15, -0.1) is 0 Å². The molecular weight excluding hydrogens is 238 g/mol. The summed E-state index contributed by atoms with van der Waals surface area (Å²) in [5, 5.41) is 3.51. The molecule has 1 aliphatic heterocycles. The van der Waals surface area contributed by atoms with Gasteiger partial charge in [-0.3, -0.25) is 0 Å². The second-order valence-electron chi connectivity index (χ2n) is 5.67. The lowest BCUT2D eigenvalue weighted by molar-refractivity contribution is 0.0679. The average molecular weight is 261 g/mol. The van der Waals surface area contributed by atoms with Crippen LogP contribution in [0.5, 0.6) is 5.75 Å². The number of nitrogens with one attached hydrogen (secondary N) is 1. The molecule has 0 radical (unpaired) electrons. The van der Waals surface area contributed by atoms with Crippen LogP contribution in [0.4, 0.5) is 0 Å². The first-order chi connectivity index (χ1) is 9.40. The van der Waals surface area contributed by atoms with Crippen LogP contribution in [-0.4, -0.2) is 25.9 Å². The number of ether oxygens (including phenoxy) is 2. The molecule has 1 saturated carbocycles. The predicted octanol–water partition coefficient (Wildman–Crippen LogP) is 2.74. The van der Waals surface area contributed by atoms with Gasteiger partial charge >= 0.3 is 0 Å². The Kier molecular flexibility index (Phi) is 4.36. The van der Waals surface area contributed by atoms with Gasteiger partial charge in [0.05, 0.1) is 6.10 Å². The van der Waals surface area contributed by atoms with Crippen LogP contribution in [0.25, 0.3) is 0 Å². The molecule has 2 aliphatic rings. The molecule has 1 aromatic carbocycles. The molecule has 1 N–H and O–H groups in total. The van der Waals surface area contributed by atoms with Crippen molar-refractivity contribution >= 4 is 0 Å². The molecule has 104 valence electrons. The summed E-state index contributed by atoms with van der Waals surface area (Å²) in [5.74, 6) is 1.89. The minimum atomic E-state index is 0.289. The Morgan fingerprint density at radius 3 is 3.00 bits per heavy atom. The summed E-state index contributed by atoms with van der Waals surface area (Å²) in [5.41, 5.74) is 1.30. The lowest BCUT2D eigenvalue weighted by Gasteiger charge is -2.12. The van der Waals surface area contributed by atoms with Gasteiger partial charge in [0.25, 0.3) is 0 Å². The third kappa shape index (κ3) is 4.22. The largest absolute Gasteiger partial charge is 0.491 e. The zero-order valence-electron chi connectivity index (χ0n) is 11.4. The van der Waals surface area contributed by atoms with Gasteiger partial charge in [-0.05, 0) is 55.8 Å². The summed E-state index contributed by atoms with van der Waals surface area (Å²) >= 11 is 0. The van der Waals surface area contributed by atoms with Crippen molar-refractivity contribution in [3.05, 3.63) is 29.8 Å². The summed E-state index contributed by atoms with van der Waals surface area (Å²) in [4.78, 5) is 0. The molecule has 0 spiro atoms. The van der Waals surface area contributed by atoms with E-state index in [-0.39, 0.29) is 6.10 Å². The molecule has 1 unspecified atom stereocenters. The van der Waals surface area contributed by atoms with Gasteiger partial charge in [0.2, 0.25) is 0 Å². The fourth-order valence-corrected chi connectivity index (χ4v) is 2.45. The van der Waals surface area contributed by atoms with E-state index >= 15 is 0 Å². The molecule has 1 atom stereocenters. The minimum absolute atomic E-state index is 0.289. The van der Waals surface area contributed by atoms with Crippen LogP contribution in [0.1, 0.15) is 31.2 Å². The van der Waals surface area contributed by atoms with E-state index in [4.69, 9.17) is 9.47 Å². The van der Waals surface area contributed by atoms with E-state index in [1.54, 1.807) is 0 Å². The van der Waals surface area contributed by atoms with Crippen molar-refractivity contribution in [2.24, 2.45) is 5.92 Å². The predicted molar refractivity (Wildman–Crippen MR) is 75.3 cm³/mol. The van der Waals surface area contributed by atoms with Crippen molar-refractivity contribution in [2.45, 2.75) is 38.3 Å². The van der Waals surface area contributed by atoms with E-state index in [2.05, 4.69) is 23.5 Å². The number of hydrogen-bond acceptors (Lipinski definition) is 3. The van der Waals surface area contributed by atoms with Crippen LogP contribution >= 0.6 is 0 Å². The molecule has 19 heavy (non-hydrogen) atoms. The Bertz CT molecular complexity index is 397.